The number of hydrogen-bond acceptors (Lipinski definition) is 3. The zero-order valence-electron chi connectivity index (χ0n) is 8.03. The average Bonchev–Trinajstić information content (AvgIpc) is 2.68. The van der Waals surface area contributed by atoms with Crippen molar-refractivity contribution in [1.82, 2.24) is 9.97 Å². The Kier molecular flexibility index (Phi) is 1.54. The topological polar surface area (TPSA) is 82.8 Å². The second-order valence-corrected chi connectivity index (χ2v) is 3.53. The molecule has 2 aromatic rings. The molecule has 1 aliphatic rings. The summed E-state index contributed by atoms with van der Waals surface area (Å²) in [5.41, 5.74) is 0.873. The summed E-state index contributed by atoms with van der Waals surface area (Å²) >= 11 is 0. The fraction of sp³-hybridized carbons (Fsp3) is 0. The van der Waals surface area contributed by atoms with Crippen molar-refractivity contribution >= 4 is 11.6 Å². The van der Waals surface area contributed by atoms with E-state index in [4.69, 9.17) is 0 Å². The fourth-order valence-corrected chi connectivity index (χ4v) is 1.89. The first-order valence-electron chi connectivity index (χ1n) is 4.69. The molecule has 1 aromatic heterocycles. The number of Topliss-reactive ketones (excluding diaryl/α,β-unsaturated/α-hetero) is 2. The lowest BCUT2D eigenvalue weighted by Gasteiger charge is -2.12. The summed E-state index contributed by atoms with van der Waals surface area (Å²) in [5.74, 6) is -1.26. The maximum Gasteiger partial charge on any atom is 0.323 e. The predicted octanol–water partition coefficient (Wildman–Crippen LogP) is 0.749. The Morgan fingerprint density at radius 3 is 2.12 bits per heavy atom. The molecule has 0 amide bonds. The molecule has 16 heavy (non-hydrogen) atoms. The van der Waals surface area contributed by atoms with Gasteiger partial charge in [-0.2, -0.15) is 0 Å². The Labute approximate surface area is 89.1 Å². The van der Waals surface area contributed by atoms with Crippen molar-refractivity contribution in [3.63, 3.8) is 0 Å². The third-order valence-corrected chi connectivity index (χ3v) is 2.60. The predicted molar refractivity (Wildman–Crippen MR) is 55.5 cm³/mol. The molecule has 0 radical (unpaired) electrons. The summed E-state index contributed by atoms with van der Waals surface area (Å²) in [7, 11) is 0. The first-order valence-corrected chi connectivity index (χ1v) is 4.69. The van der Waals surface area contributed by atoms with Crippen LogP contribution < -0.4 is 5.69 Å². The monoisotopic (exact) mass is 214 g/mol. The van der Waals surface area contributed by atoms with E-state index in [2.05, 4.69) is 9.97 Å². The molecule has 0 bridgehead atoms. The number of aromatic nitrogens is 2. The molecule has 5 heteroatoms. The molecule has 0 fully saturated rings. The average molecular weight is 214 g/mol. The SMILES string of the molecule is O=C1C(=O)c2[nH]c(=O)[nH]c2-c2ccccc21. The summed E-state index contributed by atoms with van der Waals surface area (Å²) in [6, 6.07) is 6.70. The smallest absolute Gasteiger partial charge is 0.305 e. The highest BCUT2D eigenvalue weighted by molar-refractivity contribution is 6.52. The van der Waals surface area contributed by atoms with Gasteiger partial charge in [0.2, 0.25) is 5.78 Å². The van der Waals surface area contributed by atoms with Crippen LogP contribution in [0.4, 0.5) is 0 Å². The number of carbonyl (C=O) groups excluding carboxylic acids is 2. The minimum atomic E-state index is -0.674. The van der Waals surface area contributed by atoms with Gasteiger partial charge in [0.15, 0.2) is 0 Å². The Bertz CT molecular complexity index is 679. The van der Waals surface area contributed by atoms with Crippen molar-refractivity contribution in [3.05, 3.63) is 46.0 Å². The summed E-state index contributed by atoms with van der Waals surface area (Å²) in [5, 5.41) is 0. The molecule has 2 N–H and O–H groups in total. The summed E-state index contributed by atoms with van der Waals surface area (Å²) < 4.78 is 0. The molecule has 0 aliphatic heterocycles. The molecule has 78 valence electrons. The van der Waals surface area contributed by atoms with E-state index in [0.717, 1.165) is 0 Å². The third kappa shape index (κ3) is 0.967. The van der Waals surface area contributed by atoms with Crippen LogP contribution in [-0.2, 0) is 0 Å². The number of hydrogen-bond donors (Lipinski definition) is 2. The van der Waals surface area contributed by atoms with E-state index in [1.165, 1.54) is 0 Å². The van der Waals surface area contributed by atoms with Crippen LogP contribution in [-0.4, -0.2) is 21.5 Å². The second-order valence-electron chi connectivity index (χ2n) is 3.53. The van der Waals surface area contributed by atoms with Gasteiger partial charge in [0.05, 0.1) is 5.69 Å². The molecule has 0 unspecified atom stereocenters. The lowest BCUT2D eigenvalue weighted by molar-refractivity contribution is 0.0812. The number of rotatable bonds is 0. The van der Waals surface area contributed by atoms with Crippen LogP contribution in [0.25, 0.3) is 11.3 Å². The van der Waals surface area contributed by atoms with E-state index in [0.29, 0.717) is 16.8 Å². The van der Waals surface area contributed by atoms with Crippen LogP contribution >= 0.6 is 0 Å². The third-order valence-electron chi connectivity index (χ3n) is 2.60. The molecule has 0 saturated heterocycles. The lowest BCUT2D eigenvalue weighted by Crippen LogP contribution is -2.21. The Morgan fingerprint density at radius 2 is 1.38 bits per heavy atom. The van der Waals surface area contributed by atoms with E-state index in [-0.39, 0.29) is 5.69 Å². The highest BCUT2D eigenvalue weighted by Gasteiger charge is 2.32. The molecule has 3 rings (SSSR count). The molecule has 5 nitrogen and oxygen atoms in total. The van der Waals surface area contributed by atoms with Crippen molar-refractivity contribution in [3.8, 4) is 11.3 Å². The number of aromatic amines is 2. The summed E-state index contributed by atoms with van der Waals surface area (Å²) in [6.07, 6.45) is 0. The van der Waals surface area contributed by atoms with Crippen LogP contribution in [0, 0.1) is 0 Å². The largest absolute Gasteiger partial charge is 0.323 e. The highest BCUT2D eigenvalue weighted by Crippen LogP contribution is 2.29. The number of fused-ring (bicyclic) bond motifs is 3. The van der Waals surface area contributed by atoms with E-state index in [9.17, 15) is 14.4 Å². The zero-order chi connectivity index (χ0) is 11.3. The van der Waals surface area contributed by atoms with E-state index in [1.54, 1.807) is 24.3 Å². The van der Waals surface area contributed by atoms with Crippen LogP contribution in [0.3, 0.4) is 0 Å². The van der Waals surface area contributed by atoms with Crippen LogP contribution in [0.5, 0.6) is 0 Å². The maximum absolute atomic E-state index is 11.7. The number of imidazole rings is 1. The van der Waals surface area contributed by atoms with Crippen molar-refractivity contribution in [2.45, 2.75) is 0 Å². The van der Waals surface area contributed by atoms with Gasteiger partial charge in [-0.3, -0.25) is 9.59 Å². The Hall–Kier alpha value is -2.43. The van der Waals surface area contributed by atoms with Crippen molar-refractivity contribution in [1.29, 1.82) is 0 Å². The van der Waals surface area contributed by atoms with Crippen molar-refractivity contribution < 1.29 is 9.59 Å². The molecular formula is C11H6N2O3. The fourth-order valence-electron chi connectivity index (χ4n) is 1.89. The Balaban J connectivity index is 2.45. The van der Waals surface area contributed by atoms with Gasteiger partial charge < -0.3 is 9.97 Å². The van der Waals surface area contributed by atoms with E-state index >= 15 is 0 Å². The molecule has 0 saturated carbocycles. The summed E-state index contributed by atoms with van der Waals surface area (Å²) in [6.45, 7) is 0. The van der Waals surface area contributed by atoms with Gasteiger partial charge in [-0.25, -0.2) is 4.79 Å². The van der Waals surface area contributed by atoms with Crippen LogP contribution in [0.1, 0.15) is 20.8 Å². The second kappa shape index (κ2) is 2.79. The van der Waals surface area contributed by atoms with Gasteiger partial charge in [-0.1, -0.05) is 24.3 Å². The molecule has 0 spiro atoms. The number of H-pyrrole nitrogens is 2. The normalized spacial score (nSPS) is 13.5. The zero-order valence-corrected chi connectivity index (χ0v) is 8.03. The minimum absolute atomic E-state index is 0.0497. The van der Waals surface area contributed by atoms with Crippen LogP contribution in [0.15, 0.2) is 29.1 Å². The van der Waals surface area contributed by atoms with Gasteiger partial charge in [0, 0.05) is 11.1 Å². The standard InChI is InChI=1S/C11H6N2O3/c14-9-6-4-2-1-3-5(6)7-8(10(9)15)13-11(16)12-7/h1-4H,(H2,12,13,16). The maximum atomic E-state index is 11.7. The van der Waals surface area contributed by atoms with Crippen molar-refractivity contribution in [2.75, 3.05) is 0 Å². The van der Waals surface area contributed by atoms with E-state index in [1.807, 2.05) is 0 Å². The minimum Gasteiger partial charge on any atom is -0.305 e. The Morgan fingerprint density at radius 1 is 0.750 bits per heavy atom. The van der Waals surface area contributed by atoms with Gasteiger partial charge in [-0.15, -0.1) is 0 Å². The van der Waals surface area contributed by atoms with Crippen LogP contribution in [0.2, 0.25) is 0 Å². The molecule has 0 atom stereocenters. The van der Waals surface area contributed by atoms with Gasteiger partial charge in [0.25, 0.3) is 5.78 Å². The first kappa shape index (κ1) is 8.84. The number of benzene rings is 1. The summed E-state index contributed by atoms with van der Waals surface area (Å²) in [4.78, 5) is 39.4. The molecule has 1 heterocycles. The van der Waals surface area contributed by atoms with Gasteiger partial charge >= 0.3 is 5.69 Å². The molecule has 1 aliphatic carbocycles. The quantitative estimate of drug-likeness (QED) is 0.635. The number of ketones is 2. The van der Waals surface area contributed by atoms with Gasteiger partial charge in [0.1, 0.15) is 5.69 Å². The van der Waals surface area contributed by atoms with Gasteiger partial charge in [-0.05, 0) is 0 Å². The lowest BCUT2D eigenvalue weighted by atomic mass is 9.90. The highest BCUT2D eigenvalue weighted by atomic mass is 16.2. The number of carbonyl (C=O) groups is 2. The molecule has 1 aromatic carbocycles. The first-order chi connectivity index (χ1) is 7.68. The van der Waals surface area contributed by atoms with E-state index < -0.39 is 17.3 Å². The van der Waals surface area contributed by atoms with Crippen molar-refractivity contribution in [2.24, 2.45) is 0 Å². The number of nitrogens with one attached hydrogen (secondary N) is 2. The molecular weight excluding hydrogens is 208 g/mol.